The number of rotatable bonds is 3. The molecule has 3 nitrogen and oxygen atoms in total. The molecular weight excluding hydrogens is 224 g/mol. The van der Waals surface area contributed by atoms with Crippen LogP contribution in [0.15, 0.2) is 54.9 Å². The molecule has 1 saturated carbocycles. The van der Waals surface area contributed by atoms with Crippen LogP contribution in [0.1, 0.15) is 28.3 Å². The zero-order chi connectivity index (χ0) is 12.4. The standard InChI is InChI=1S/C15H14N2O/c18-15(12-7-4-8-16-10-12)17-14-9-13(14)11-5-2-1-3-6-11/h1-8,10,13-14H,9H2,(H,17,18)/t13-,14+/m1/s1. The van der Waals surface area contributed by atoms with Crippen LogP contribution in [-0.4, -0.2) is 16.9 Å². The Morgan fingerprint density at radius 1 is 1.17 bits per heavy atom. The average molecular weight is 238 g/mol. The Hall–Kier alpha value is -2.16. The Labute approximate surface area is 106 Å². The van der Waals surface area contributed by atoms with Crippen molar-refractivity contribution in [1.29, 1.82) is 0 Å². The highest BCUT2D eigenvalue weighted by molar-refractivity contribution is 5.94. The molecule has 0 aliphatic heterocycles. The van der Waals surface area contributed by atoms with Crippen molar-refractivity contribution in [2.45, 2.75) is 18.4 Å². The summed E-state index contributed by atoms with van der Waals surface area (Å²) in [6.45, 7) is 0. The minimum atomic E-state index is -0.0356. The Balaban J connectivity index is 1.62. The molecule has 1 aliphatic carbocycles. The lowest BCUT2D eigenvalue weighted by Crippen LogP contribution is -2.26. The van der Waals surface area contributed by atoms with E-state index in [4.69, 9.17) is 0 Å². The van der Waals surface area contributed by atoms with E-state index in [1.807, 2.05) is 18.2 Å². The van der Waals surface area contributed by atoms with E-state index in [1.54, 1.807) is 24.5 Å². The lowest BCUT2D eigenvalue weighted by molar-refractivity contribution is 0.0950. The third-order valence-electron chi connectivity index (χ3n) is 3.26. The molecule has 0 bridgehead atoms. The van der Waals surface area contributed by atoms with E-state index >= 15 is 0 Å². The molecule has 1 aromatic carbocycles. The Bertz CT molecular complexity index is 539. The zero-order valence-corrected chi connectivity index (χ0v) is 9.91. The molecule has 2 atom stereocenters. The molecule has 1 N–H and O–H groups in total. The van der Waals surface area contributed by atoms with Gasteiger partial charge in [0.1, 0.15) is 0 Å². The molecule has 0 unspecified atom stereocenters. The van der Waals surface area contributed by atoms with Crippen LogP contribution in [0, 0.1) is 0 Å². The predicted molar refractivity (Wildman–Crippen MR) is 69.3 cm³/mol. The molecule has 0 radical (unpaired) electrons. The Morgan fingerprint density at radius 3 is 2.72 bits per heavy atom. The van der Waals surface area contributed by atoms with Gasteiger partial charge in [0.15, 0.2) is 0 Å². The molecule has 1 aliphatic rings. The van der Waals surface area contributed by atoms with Crippen molar-refractivity contribution in [3.05, 3.63) is 66.0 Å². The third-order valence-corrected chi connectivity index (χ3v) is 3.26. The average Bonchev–Trinajstić information content (AvgIpc) is 3.20. The maximum Gasteiger partial charge on any atom is 0.253 e. The minimum absolute atomic E-state index is 0.0356. The van der Waals surface area contributed by atoms with Gasteiger partial charge in [0.25, 0.3) is 5.91 Å². The number of benzene rings is 1. The number of carbonyl (C=O) groups is 1. The maximum absolute atomic E-state index is 11.9. The fourth-order valence-electron chi connectivity index (χ4n) is 2.17. The van der Waals surface area contributed by atoms with E-state index in [0.717, 1.165) is 6.42 Å². The van der Waals surface area contributed by atoms with Crippen LogP contribution in [0.4, 0.5) is 0 Å². The summed E-state index contributed by atoms with van der Waals surface area (Å²) in [4.78, 5) is 15.9. The monoisotopic (exact) mass is 238 g/mol. The number of pyridine rings is 1. The van der Waals surface area contributed by atoms with E-state index in [9.17, 15) is 4.79 Å². The molecule has 2 aromatic rings. The first-order valence-corrected chi connectivity index (χ1v) is 6.10. The molecular formula is C15H14N2O. The van der Waals surface area contributed by atoms with Gasteiger partial charge >= 0.3 is 0 Å². The number of nitrogens with zero attached hydrogens (tertiary/aromatic N) is 1. The summed E-state index contributed by atoms with van der Waals surface area (Å²) in [7, 11) is 0. The molecule has 3 heteroatoms. The van der Waals surface area contributed by atoms with Crippen molar-refractivity contribution in [3.8, 4) is 0 Å². The highest BCUT2D eigenvalue weighted by Gasteiger charge is 2.39. The van der Waals surface area contributed by atoms with Crippen molar-refractivity contribution >= 4 is 5.91 Å². The summed E-state index contributed by atoms with van der Waals surface area (Å²) in [5.41, 5.74) is 1.92. The minimum Gasteiger partial charge on any atom is -0.349 e. The summed E-state index contributed by atoms with van der Waals surface area (Å²) in [5, 5.41) is 3.04. The van der Waals surface area contributed by atoms with E-state index in [1.165, 1.54) is 5.56 Å². The largest absolute Gasteiger partial charge is 0.349 e. The van der Waals surface area contributed by atoms with Crippen molar-refractivity contribution in [1.82, 2.24) is 10.3 Å². The van der Waals surface area contributed by atoms with Crippen LogP contribution >= 0.6 is 0 Å². The summed E-state index contributed by atoms with van der Waals surface area (Å²) in [5.74, 6) is 0.429. The van der Waals surface area contributed by atoms with Gasteiger partial charge in [-0.1, -0.05) is 30.3 Å². The topological polar surface area (TPSA) is 42.0 Å². The number of aromatic nitrogens is 1. The van der Waals surface area contributed by atoms with Crippen LogP contribution in [0.25, 0.3) is 0 Å². The van der Waals surface area contributed by atoms with E-state index in [-0.39, 0.29) is 11.9 Å². The summed E-state index contributed by atoms with van der Waals surface area (Å²) >= 11 is 0. The molecule has 0 spiro atoms. The van der Waals surface area contributed by atoms with E-state index < -0.39 is 0 Å². The number of hydrogen-bond acceptors (Lipinski definition) is 2. The van der Waals surface area contributed by atoms with Crippen LogP contribution in [-0.2, 0) is 0 Å². The van der Waals surface area contributed by atoms with Crippen molar-refractivity contribution in [2.24, 2.45) is 0 Å². The SMILES string of the molecule is O=C(N[C@H]1C[C@@H]1c1ccccc1)c1cccnc1. The second-order valence-corrected chi connectivity index (χ2v) is 4.57. The maximum atomic E-state index is 11.9. The second-order valence-electron chi connectivity index (χ2n) is 4.57. The predicted octanol–water partition coefficient (Wildman–Crippen LogP) is 2.37. The Morgan fingerprint density at radius 2 is 2.00 bits per heavy atom. The molecule has 90 valence electrons. The van der Waals surface area contributed by atoms with Crippen LogP contribution in [0.2, 0.25) is 0 Å². The second kappa shape index (κ2) is 4.61. The van der Waals surface area contributed by atoms with Crippen LogP contribution < -0.4 is 5.32 Å². The number of hydrogen-bond donors (Lipinski definition) is 1. The lowest BCUT2D eigenvalue weighted by Gasteiger charge is -2.04. The van der Waals surface area contributed by atoms with Crippen molar-refractivity contribution in [3.63, 3.8) is 0 Å². The van der Waals surface area contributed by atoms with Gasteiger partial charge in [0.2, 0.25) is 0 Å². The van der Waals surface area contributed by atoms with Gasteiger partial charge in [-0.2, -0.15) is 0 Å². The number of carbonyl (C=O) groups excluding carboxylic acids is 1. The number of nitrogens with one attached hydrogen (secondary N) is 1. The fourth-order valence-corrected chi connectivity index (χ4v) is 2.17. The van der Waals surface area contributed by atoms with Gasteiger partial charge in [-0.3, -0.25) is 9.78 Å². The summed E-state index contributed by atoms with van der Waals surface area (Å²) in [6, 6.07) is 14.1. The summed E-state index contributed by atoms with van der Waals surface area (Å²) < 4.78 is 0. The summed E-state index contributed by atoms with van der Waals surface area (Å²) in [6.07, 6.45) is 4.28. The van der Waals surface area contributed by atoms with Gasteiger partial charge in [0.05, 0.1) is 5.56 Å². The third kappa shape index (κ3) is 2.25. The molecule has 1 amide bonds. The van der Waals surface area contributed by atoms with Gasteiger partial charge in [-0.15, -0.1) is 0 Å². The van der Waals surface area contributed by atoms with Gasteiger partial charge in [-0.25, -0.2) is 0 Å². The molecule has 18 heavy (non-hydrogen) atoms. The highest BCUT2D eigenvalue weighted by atomic mass is 16.1. The molecule has 1 aromatic heterocycles. The van der Waals surface area contributed by atoms with Gasteiger partial charge in [0, 0.05) is 24.4 Å². The normalized spacial score (nSPS) is 21.3. The molecule has 1 fully saturated rings. The van der Waals surface area contributed by atoms with Crippen molar-refractivity contribution < 1.29 is 4.79 Å². The number of amides is 1. The van der Waals surface area contributed by atoms with Gasteiger partial charge in [-0.05, 0) is 24.1 Å². The zero-order valence-electron chi connectivity index (χ0n) is 9.91. The highest BCUT2D eigenvalue weighted by Crippen LogP contribution is 2.40. The molecule has 0 saturated heterocycles. The Kier molecular flexibility index (Phi) is 2.81. The quantitative estimate of drug-likeness (QED) is 0.892. The van der Waals surface area contributed by atoms with Gasteiger partial charge < -0.3 is 5.32 Å². The first kappa shape index (κ1) is 11.0. The fraction of sp³-hybridized carbons (Fsp3) is 0.200. The van der Waals surface area contributed by atoms with E-state index in [0.29, 0.717) is 11.5 Å². The first-order chi connectivity index (χ1) is 8.84. The molecule has 3 rings (SSSR count). The first-order valence-electron chi connectivity index (χ1n) is 6.10. The smallest absolute Gasteiger partial charge is 0.253 e. The van der Waals surface area contributed by atoms with Crippen LogP contribution in [0.3, 0.4) is 0 Å². The lowest BCUT2D eigenvalue weighted by atomic mass is 10.1. The van der Waals surface area contributed by atoms with E-state index in [2.05, 4.69) is 22.4 Å². The molecule has 1 heterocycles. The van der Waals surface area contributed by atoms with Crippen LogP contribution in [0.5, 0.6) is 0 Å². The van der Waals surface area contributed by atoms with Crippen molar-refractivity contribution in [2.75, 3.05) is 0 Å².